The Hall–Kier alpha value is -3.42. The van der Waals surface area contributed by atoms with Gasteiger partial charge in [0.15, 0.2) is 0 Å². The fourth-order valence-corrected chi connectivity index (χ4v) is 3.76. The number of nitrogens with one attached hydrogen (secondary N) is 2. The van der Waals surface area contributed by atoms with Crippen LogP contribution in [0.25, 0.3) is 5.69 Å². The number of rotatable bonds is 6. The molecule has 8 heteroatoms. The first kappa shape index (κ1) is 21.8. The molecule has 0 aliphatic heterocycles. The number of anilines is 2. The van der Waals surface area contributed by atoms with Gasteiger partial charge in [-0.05, 0) is 36.8 Å². The molecular formula is C24H22ClFN4O2. The van der Waals surface area contributed by atoms with Gasteiger partial charge in [0, 0.05) is 24.7 Å². The summed E-state index contributed by atoms with van der Waals surface area (Å²) in [6.45, 7) is 1.91. The first-order chi connectivity index (χ1) is 15.4. The average molecular weight is 453 g/mol. The highest BCUT2D eigenvalue weighted by Crippen LogP contribution is 2.26. The Balaban J connectivity index is 1.52. The van der Waals surface area contributed by atoms with Crippen LogP contribution in [-0.4, -0.2) is 32.2 Å². The molecule has 6 nitrogen and oxygen atoms in total. The van der Waals surface area contributed by atoms with Gasteiger partial charge in [-0.1, -0.05) is 42.8 Å². The molecule has 1 aliphatic rings. The summed E-state index contributed by atoms with van der Waals surface area (Å²) < 4.78 is 15.1. The molecule has 3 aromatic rings. The summed E-state index contributed by atoms with van der Waals surface area (Å²) in [5.74, 6) is -0.185. The van der Waals surface area contributed by atoms with E-state index in [1.165, 1.54) is 18.2 Å². The number of pyridine rings is 1. The Morgan fingerprint density at radius 2 is 2.12 bits per heavy atom. The van der Waals surface area contributed by atoms with Crippen LogP contribution in [0, 0.1) is 5.82 Å². The van der Waals surface area contributed by atoms with E-state index in [-0.39, 0.29) is 10.9 Å². The lowest BCUT2D eigenvalue weighted by Gasteiger charge is -2.35. The van der Waals surface area contributed by atoms with Gasteiger partial charge in [0.1, 0.15) is 11.6 Å². The van der Waals surface area contributed by atoms with Crippen molar-refractivity contribution in [1.82, 2.24) is 14.9 Å². The lowest BCUT2D eigenvalue weighted by atomic mass is 9.85. The van der Waals surface area contributed by atoms with Gasteiger partial charge in [-0.2, -0.15) is 0 Å². The van der Waals surface area contributed by atoms with Crippen molar-refractivity contribution in [2.75, 3.05) is 5.32 Å². The van der Waals surface area contributed by atoms with Crippen LogP contribution in [0.5, 0.6) is 0 Å². The maximum Gasteiger partial charge on any atom is 0.253 e. The van der Waals surface area contributed by atoms with Gasteiger partial charge in [-0.3, -0.25) is 4.79 Å². The molecular weight excluding hydrogens is 431 g/mol. The summed E-state index contributed by atoms with van der Waals surface area (Å²) in [4.78, 5) is 17.2. The molecule has 164 valence electrons. The molecule has 0 fully saturated rings. The summed E-state index contributed by atoms with van der Waals surface area (Å²) in [5.41, 5.74) is 0.922. The minimum Gasteiger partial charge on any atom is -0.386 e. The summed E-state index contributed by atoms with van der Waals surface area (Å²) >= 11 is 6.08. The molecule has 4 rings (SSSR count). The zero-order chi connectivity index (χ0) is 22.7. The molecule has 2 heterocycles. The lowest BCUT2D eigenvalue weighted by molar-refractivity contribution is 0.0789. The fraction of sp³-hybridized carbons (Fsp3) is 0.167. The second-order valence-corrected chi connectivity index (χ2v) is 7.90. The van der Waals surface area contributed by atoms with E-state index in [1.807, 2.05) is 19.1 Å². The van der Waals surface area contributed by atoms with Crippen LogP contribution in [0.15, 0.2) is 79.3 Å². The Kier molecular flexibility index (Phi) is 6.12. The van der Waals surface area contributed by atoms with Crippen molar-refractivity contribution in [1.29, 1.82) is 0 Å². The number of aliphatic hydroxyl groups excluding tert-OH is 1. The summed E-state index contributed by atoms with van der Waals surface area (Å²) in [5, 5.41) is 16.7. The van der Waals surface area contributed by atoms with Crippen LogP contribution < -0.4 is 10.6 Å². The minimum absolute atomic E-state index is 0.246. The van der Waals surface area contributed by atoms with Crippen LogP contribution in [0.3, 0.4) is 0 Å². The third-order valence-electron chi connectivity index (χ3n) is 5.45. The molecule has 0 radical (unpaired) electrons. The predicted molar refractivity (Wildman–Crippen MR) is 123 cm³/mol. The highest BCUT2D eigenvalue weighted by molar-refractivity contribution is 6.33. The number of aliphatic hydroxyl groups is 1. The van der Waals surface area contributed by atoms with Crippen molar-refractivity contribution in [3.63, 3.8) is 0 Å². The summed E-state index contributed by atoms with van der Waals surface area (Å²) in [6, 6.07) is 9.36. The van der Waals surface area contributed by atoms with E-state index in [2.05, 4.69) is 15.6 Å². The maximum atomic E-state index is 13.3. The van der Waals surface area contributed by atoms with E-state index in [0.29, 0.717) is 23.5 Å². The van der Waals surface area contributed by atoms with E-state index in [4.69, 9.17) is 11.6 Å². The molecule has 2 atom stereocenters. The number of halogens is 2. The zero-order valence-electron chi connectivity index (χ0n) is 17.3. The molecule has 1 amide bonds. The van der Waals surface area contributed by atoms with Gasteiger partial charge in [0.2, 0.25) is 0 Å². The monoisotopic (exact) mass is 452 g/mol. The van der Waals surface area contributed by atoms with Crippen LogP contribution in [0.2, 0.25) is 5.02 Å². The Bertz CT molecular complexity index is 1210. The van der Waals surface area contributed by atoms with E-state index in [1.54, 1.807) is 53.5 Å². The van der Waals surface area contributed by atoms with Gasteiger partial charge >= 0.3 is 0 Å². The minimum atomic E-state index is -0.837. The number of aromatic nitrogens is 2. The van der Waals surface area contributed by atoms with Crippen LogP contribution >= 0.6 is 11.6 Å². The third-order valence-corrected chi connectivity index (χ3v) is 5.76. The first-order valence-electron chi connectivity index (χ1n) is 10.1. The van der Waals surface area contributed by atoms with Crippen molar-refractivity contribution in [2.24, 2.45) is 0 Å². The van der Waals surface area contributed by atoms with Gasteiger partial charge in [-0.25, -0.2) is 9.37 Å². The average Bonchev–Trinajstić information content (AvgIpc) is 3.28. The fourth-order valence-electron chi connectivity index (χ4n) is 3.55. The molecule has 0 bridgehead atoms. The zero-order valence-corrected chi connectivity index (χ0v) is 18.1. The number of hydrogen-bond acceptors (Lipinski definition) is 4. The highest BCUT2D eigenvalue weighted by atomic mass is 35.5. The molecule has 32 heavy (non-hydrogen) atoms. The molecule has 0 spiro atoms. The number of nitrogens with zero attached hydrogens (tertiary/aromatic N) is 2. The summed E-state index contributed by atoms with van der Waals surface area (Å²) in [7, 11) is 0. The first-order valence-corrected chi connectivity index (χ1v) is 10.5. The van der Waals surface area contributed by atoms with Crippen LogP contribution in [-0.2, 0) is 0 Å². The van der Waals surface area contributed by atoms with Gasteiger partial charge in [0.25, 0.3) is 5.91 Å². The van der Waals surface area contributed by atoms with Crippen LogP contribution in [0.1, 0.15) is 23.7 Å². The Morgan fingerprint density at radius 1 is 1.28 bits per heavy atom. The van der Waals surface area contributed by atoms with Crippen molar-refractivity contribution in [2.45, 2.75) is 25.0 Å². The predicted octanol–water partition coefficient (Wildman–Crippen LogP) is 4.77. The van der Waals surface area contributed by atoms with Crippen LogP contribution in [0.4, 0.5) is 15.9 Å². The second-order valence-electron chi connectivity index (χ2n) is 7.49. The topological polar surface area (TPSA) is 79.2 Å². The largest absolute Gasteiger partial charge is 0.386 e. The molecule has 3 N–H and O–H groups in total. The summed E-state index contributed by atoms with van der Waals surface area (Å²) in [6.07, 6.45) is 11.9. The van der Waals surface area contributed by atoms with Crippen molar-refractivity contribution < 1.29 is 14.3 Å². The number of benzene rings is 1. The van der Waals surface area contributed by atoms with Crippen molar-refractivity contribution in [3.05, 3.63) is 95.7 Å². The van der Waals surface area contributed by atoms with Gasteiger partial charge in [-0.15, -0.1) is 0 Å². The molecule has 0 saturated heterocycles. The number of hydrogen-bond donors (Lipinski definition) is 3. The number of carbonyl (C=O) groups is 1. The van der Waals surface area contributed by atoms with Crippen molar-refractivity contribution in [3.8, 4) is 5.69 Å². The standard InChI is InChI=1S/C24H22ClFN4O2/c1-2-24(10-4-3-5-21(24)31)29-23(32)16-9-12-30(15-16)18-8-11-27-22(14-18)28-20-7-6-17(26)13-19(20)25/h3-15,21,31H,2H2,1H3,(H,27,28)(H,29,32). The number of carbonyl (C=O) groups excluding carboxylic acids is 1. The highest BCUT2D eigenvalue weighted by Gasteiger charge is 2.35. The Labute approximate surface area is 190 Å². The Morgan fingerprint density at radius 3 is 2.88 bits per heavy atom. The van der Waals surface area contributed by atoms with Gasteiger partial charge < -0.3 is 20.3 Å². The lowest BCUT2D eigenvalue weighted by Crippen LogP contribution is -2.55. The molecule has 0 saturated carbocycles. The van der Waals surface area contributed by atoms with E-state index >= 15 is 0 Å². The molecule has 1 aliphatic carbocycles. The third kappa shape index (κ3) is 4.44. The number of allylic oxidation sites excluding steroid dienone is 2. The van der Waals surface area contributed by atoms with Crippen molar-refractivity contribution >= 4 is 29.0 Å². The van der Waals surface area contributed by atoms with E-state index in [0.717, 1.165) is 5.69 Å². The van der Waals surface area contributed by atoms with E-state index < -0.39 is 17.5 Å². The quantitative estimate of drug-likeness (QED) is 0.503. The molecule has 2 aromatic heterocycles. The smallest absolute Gasteiger partial charge is 0.253 e. The number of amides is 1. The molecule has 2 unspecified atom stereocenters. The van der Waals surface area contributed by atoms with E-state index in [9.17, 15) is 14.3 Å². The maximum absolute atomic E-state index is 13.3. The second kappa shape index (κ2) is 8.98. The molecule has 1 aromatic carbocycles. The normalized spacial score (nSPS) is 19.7. The van der Waals surface area contributed by atoms with Gasteiger partial charge in [0.05, 0.1) is 33.6 Å². The SMILES string of the molecule is CCC1(NC(=O)c2ccn(-c3ccnc(Nc4ccc(F)cc4Cl)c3)c2)C=CC=CC1O.